The van der Waals surface area contributed by atoms with E-state index in [9.17, 15) is 0 Å². The summed E-state index contributed by atoms with van der Waals surface area (Å²) in [7, 11) is 3.76. The summed E-state index contributed by atoms with van der Waals surface area (Å²) in [6, 6.07) is 6.06. The Morgan fingerprint density at radius 3 is 3.11 bits per heavy atom. The number of hydrogen-bond acceptors (Lipinski definition) is 5. The van der Waals surface area contributed by atoms with Crippen LogP contribution in [0.4, 0.5) is 0 Å². The minimum absolute atomic E-state index is 0.123. The van der Waals surface area contributed by atoms with Crippen molar-refractivity contribution in [2.45, 2.75) is 19.1 Å². The van der Waals surface area contributed by atoms with Crippen LogP contribution < -0.4 is 10.1 Å². The molecule has 1 N–H and O–H groups in total. The summed E-state index contributed by atoms with van der Waals surface area (Å²) in [5.41, 5.74) is 1.00. The molecular weight excluding hydrogens is 242 g/mol. The molecule has 1 aromatic rings. The Morgan fingerprint density at radius 2 is 2.37 bits per heavy atom. The average Bonchev–Trinajstić information content (AvgIpc) is 2.45. The van der Waals surface area contributed by atoms with Gasteiger partial charge in [-0.05, 0) is 19.7 Å². The van der Waals surface area contributed by atoms with Gasteiger partial charge < -0.3 is 14.8 Å². The van der Waals surface area contributed by atoms with Gasteiger partial charge in [0.05, 0.1) is 31.6 Å². The molecule has 1 fully saturated rings. The van der Waals surface area contributed by atoms with Crippen LogP contribution in [0, 0.1) is 0 Å². The summed E-state index contributed by atoms with van der Waals surface area (Å²) in [5, 5.41) is 3.36. The highest BCUT2D eigenvalue weighted by atomic mass is 16.5. The first-order chi connectivity index (χ1) is 9.26. The van der Waals surface area contributed by atoms with Crippen LogP contribution >= 0.6 is 0 Å². The molecule has 106 valence electrons. The molecule has 0 aromatic carbocycles. The van der Waals surface area contributed by atoms with Crippen LogP contribution in [0.2, 0.25) is 0 Å². The maximum absolute atomic E-state index is 5.91. The van der Waals surface area contributed by atoms with Gasteiger partial charge in [0.25, 0.3) is 0 Å². The van der Waals surface area contributed by atoms with Gasteiger partial charge >= 0.3 is 0 Å². The van der Waals surface area contributed by atoms with E-state index >= 15 is 0 Å². The van der Waals surface area contributed by atoms with E-state index in [4.69, 9.17) is 9.47 Å². The Hall–Kier alpha value is -1.17. The Bertz CT molecular complexity index is 400. The first-order valence-electron chi connectivity index (χ1n) is 6.79. The van der Waals surface area contributed by atoms with Crippen molar-refractivity contribution in [1.82, 2.24) is 15.2 Å². The number of likely N-dealkylation sites (N-methyl/N-ethyl adjacent to an activating group) is 2. The molecule has 1 aliphatic heterocycles. The lowest BCUT2D eigenvalue weighted by Crippen LogP contribution is -2.47. The fourth-order valence-corrected chi connectivity index (χ4v) is 2.44. The van der Waals surface area contributed by atoms with Gasteiger partial charge in [0.15, 0.2) is 0 Å². The molecule has 5 nitrogen and oxygen atoms in total. The van der Waals surface area contributed by atoms with E-state index in [1.165, 1.54) is 0 Å². The lowest BCUT2D eigenvalue weighted by molar-refractivity contribution is -0.0625. The lowest BCUT2D eigenvalue weighted by atomic mass is 10.0. The highest BCUT2D eigenvalue weighted by Crippen LogP contribution is 2.27. The molecule has 0 radical (unpaired) electrons. The van der Waals surface area contributed by atoms with E-state index in [2.05, 4.69) is 29.2 Å². The van der Waals surface area contributed by atoms with Crippen molar-refractivity contribution in [2.75, 3.05) is 40.4 Å². The number of ether oxygens (including phenoxy) is 2. The molecule has 2 rings (SSSR count). The number of pyridine rings is 1. The van der Waals surface area contributed by atoms with Gasteiger partial charge in [-0.3, -0.25) is 4.90 Å². The number of hydrogen-bond donors (Lipinski definition) is 1. The van der Waals surface area contributed by atoms with E-state index < -0.39 is 0 Å². The van der Waals surface area contributed by atoms with E-state index in [1.54, 1.807) is 7.11 Å². The fourth-order valence-electron chi connectivity index (χ4n) is 2.44. The van der Waals surface area contributed by atoms with Crippen LogP contribution in [0.1, 0.15) is 18.7 Å². The molecule has 5 heteroatoms. The van der Waals surface area contributed by atoms with E-state index in [0.717, 1.165) is 31.9 Å². The van der Waals surface area contributed by atoms with Gasteiger partial charge in [0.2, 0.25) is 5.88 Å². The summed E-state index contributed by atoms with van der Waals surface area (Å²) in [4.78, 5) is 6.85. The summed E-state index contributed by atoms with van der Waals surface area (Å²) in [5.74, 6) is 0.652. The standard InChI is InChI=1S/C14H23N3O2/c1-4-15-10-12-14(17(2)8-9-19-12)11-6-5-7-13(16-11)18-3/h5-7,12,14-15H,4,8-10H2,1-3H3. The molecule has 0 bridgehead atoms. The van der Waals surface area contributed by atoms with Crippen LogP contribution in [-0.2, 0) is 4.74 Å². The molecule has 0 spiro atoms. The van der Waals surface area contributed by atoms with Crippen molar-refractivity contribution in [3.05, 3.63) is 23.9 Å². The third-order valence-corrected chi connectivity index (χ3v) is 3.46. The van der Waals surface area contributed by atoms with Gasteiger partial charge in [0, 0.05) is 19.2 Å². The zero-order valence-corrected chi connectivity index (χ0v) is 11.9. The van der Waals surface area contributed by atoms with Crippen molar-refractivity contribution in [1.29, 1.82) is 0 Å². The summed E-state index contributed by atoms with van der Waals surface area (Å²) >= 11 is 0. The first kappa shape index (κ1) is 14.2. The third-order valence-electron chi connectivity index (χ3n) is 3.46. The highest BCUT2D eigenvalue weighted by Gasteiger charge is 2.32. The minimum atomic E-state index is 0.123. The van der Waals surface area contributed by atoms with Crippen LogP contribution in [0.3, 0.4) is 0 Å². The molecule has 0 saturated carbocycles. The minimum Gasteiger partial charge on any atom is -0.481 e. The Morgan fingerprint density at radius 1 is 1.53 bits per heavy atom. The van der Waals surface area contributed by atoms with E-state index in [0.29, 0.717) is 5.88 Å². The zero-order chi connectivity index (χ0) is 13.7. The Balaban J connectivity index is 2.19. The first-order valence-corrected chi connectivity index (χ1v) is 6.79. The SMILES string of the molecule is CCNCC1OCCN(C)C1c1cccc(OC)n1. The van der Waals surface area contributed by atoms with Crippen LogP contribution in [-0.4, -0.2) is 56.4 Å². The smallest absolute Gasteiger partial charge is 0.213 e. The predicted molar refractivity (Wildman–Crippen MR) is 74.4 cm³/mol. The molecule has 1 aromatic heterocycles. The molecule has 19 heavy (non-hydrogen) atoms. The molecule has 2 atom stereocenters. The second-order valence-electron chi connectivity index (χ2n) is 4.75. The van der Waals surface area contributed by atoms with Crippen molar-refractivity contribution < 1.29 is 9.47 Å². The molecule has 1 aliphatic rings. The van der Waals surface area contributed by atoms with Gasteiger partial charge in [-0.1, -0.05) is 13.0 Å². The van der Waals surface area contributed by atoms with Gasteiger partial charge in [0.1, 0.15) is 0 Å². The topological polar surface area (TPSA) is 46.6 Å². The molecule has 2 heterocycles. The van der Waals surface area contributed by atoms with Crippen LogP contribution in [0.25, 0.3) is 0 Å². The molecule has 0 aliphatic carbocycles. The number of rotatable bonds is 5. The van der Waals surface area contributed by atoms with Crippen molar-refractivity contribution in [3.63, 3.8) is 0 Å². The largest absolute Gasteiger partial charge is 0.481 e. The lowest BCUT2D eigenvalue weighted by Gasteiger charge is -2.38. The zero-order valence-electron chi connectivity index (χ0n) is 11.9. The van der Waals surface area contributed by atoms with Gasteiger partial charge in [-0.15, -0.1) is 0 Å². The maximum Gasteiger partial charge on any atom is 0.213 e. The molecule has 2 unspecified atom stereocenters. The van der Waals surface area contributed by atoms with Crippen LogP contribution in [0.15, 0.2) is 18.2 Å². The third kappa shape index (κ3) is 3.43. The number of aromatic nitrogens is 1. The normalized spacial score (nSPS) is 24.4. The Labute approximate surface area is 114 Å². The molecule has 1 saturated heterocycles. The van der Waals surface area contributed by atoms with Crippen LogP contribution in [0.5, 0.6) is 5.88 Å². The summed E-state index contributed by atoms with van der Waals surface area (Å²) < 4.78 is 11.1. The maximum atomic E-state index is 5.91. The second-order valence-corrected chi connectivity index (χ2v) is 4.75. The number of methoxy groups -OCH3 is 1. The number of nitrogens with one attached hydrogen (secondary N) is 1. The fraction of sp³-hybridized carbons (Fsp3) is 0.643. The van der Waals surface area contributed by atoms with Crippen molar-refractivity contribution in [2.24, 2.45) is 0 Å². The molecular formula is C14H23N3O2. The summed E-state index contributed by atoms with van der Waals surface area (Å²) in [6.07, 6.45) is 0.123. The van der Waals surface area contributed by atoms with Gasteiger partial charge in [-0.2, -0.15) is 0 Å². The predicted octanol–water partition coefficient (Wildman–Crippen LogP) is 1.07. The second kappa shape index (κ2) is 6.84. The quantitative estimate of drug-likeness (QED) is 0.863. The van der Waals surface area contributed by atoms with E-state index in [-0.39, 0.29) is 12.1 Å². The monoisotopic (exact) mass is 265 g/mol. The van der Waals surface area contributed by atoms with Gasteiger partial charge in [-0.25, -0.2) is 4.98 Å². The average molecular weight is 265 g/mol. The van der Waals surface area contributed by atoms with Crippen molar-refractivity contribution >= 4 is 0 Å². The van der Waals surface area contributed by atoms with Crippen molar-refractivity contribution in [3.8, 4) is 5.88 Å². The Kier molecular flexibility index (Phi) is 5.13. The highest BCUT2D eigenvalue weighted by molar-refractivity contribution is 5.19. The van der Waals surface area contributed by atoms with E-state index in [1.807, 2.05) is 18.2 Å². The number of nitrogens with zero attached hydrogens (tertiary/aromatic N) is 2. The molecule has 0 amide bonds. The summed E-state index contributed by atoms with van der Waals surface area (Å²) in [6.45, 7) is 5.58. The number of morpholine rings is 1.